The van der Waals surface area contributed by atoms with Crippen LogP contribution < -0.4 is 5.32 Å². The first-order chi connectivity index (χ1) is 9.88. The molecule has 2 aromatic carbocycles. The fraction of sp³-hybridized carbons (Fsp3) is 0.278. The van der Waals surface area contributed by atoms with Gasteiger partial charge in [0, 0.05) is 11.7 Å². The van der Waals surface area contributed by atoms with Gasteiger partial charge in [0.05, 0.1) is 5.56 Å². The van der Waals surface area contributed by atoms with E-state index in [9.17, 15) is 4.79 Å². The summed E-state index contributed by atoms with van der Waals surface area (Å²) in [6, 6.07) is 11.7. The summed E-state index contributed by atoms with van der Waals surface area (Å²) in [5.74, 6) is -0.905. The van der Waals surface area contributed by atoms with Crippen molar-refractivity contribution in [2.75, 3.05) is 5.32 Å². The Bertz CT molecular complexity index is 677. The molecule has 0 spiro atoms. The topological polar surface area (TPSA) is 49.3 Å². The van der Waals surface area contributed by atoms with E-state index >= 15 is 0 Å². The van der Waals surface area contributed by atoms with Crippen LogP contribution in [0.25, 0.3) is 0 Å². The van der Waals surface area contributed by atoms with E-state index in [0.717, 1.165) is 11.3 Å². The molecule has 0 aliphatic rings. The maximum atomic E-state index is 11.1. The van der Waals surface area contributed by atoms with Crippen LogP contribution in [0.2, 0.25) is 0 Å². The highest BCUT2D eigenvalue weighted by molar-refractivity contribution is 5.89. The minimum atomic E-state index is -0.905. The lowest BCUT2D eigenvalue weighted by atomic mass is 9.99. The number of carbonyl (C=O) groups is 1. The van der Waals surface area contributed by atoms with E-state index in [1.165, 1.54) is 16.7 Å². The van der Waals surface area contributed by atoms with Crippen molar-refractivity contribution in [1.82, 2.24) is 0 Å². The van der Waals surface area contributed by atoms with Crippen LogP contribution in [-0.2, 0) is 0 Å². The fourth-order valence-electron chi connectivity index (χ4n) is 2.45. The summed E-state index contributed by atoms with van der Waals surface area (Å²) >= 11 is 0. The third-order valence-electron chi connectivity index (χ3n) is 3.76. The van der Waals surface area contributed by atoms with Crippen molar-refractivity contribution in [2.24, 2.45) is 0 Å². The summed E-state index contributed by atoms with van der Waals surface area (Å²) in [5.41, 5.74) is 5.89. The SMILES string of the molecule is Cc1ccc(C)c(C(C)Nc2cc(C(=O)O)ccc2C)c1. The van der Waals surface area contributed by atoms with E-state index in [1.54, 1.807) is 12.1 Å². The molecule has 2 rings (SSSR count). The van der Waals surface area contributed by atoms with E-state index in [1.807, 2.05) is 13.0 Å². The van der Waals surface area contributed by atoms with Gasteiger partial charge in [0.15, 0.2) is 0 Å². The first kappa shape index (κ1) is 15.1. The van der Waals surface area contributed by atoms with E-state index in [-0.39, 0.29) is 6.04 Å². The molecule has 1 unspecified atom stereocenters. The minimum absolute atomic E-state index is 0.118. The Hall–Kier alpha value is -2.29. The number of hydrogen-bond donors (Lipinski definition) is 2. The largest absolute Gasteiger partial charge is 0.478 e. The number of benzene rings is 2. The van der Waals surface area contributed by atoms with Crippen LogP contribution in [0.4, 0.5) is 5.69 Å². The zero-order chi connectivity index (χ0) is 15.6. The number of anilines is 1. The first-order valence-corrected chi connectivity index (χ1v) is 7.06. The number of aromatic carboxylic acids is 1. The standard InChI is InChI=1S/C18H21NO2/c1-11-5-6-12(2)16(9-11)14(4)19-17-10-15(18(20)21)8-7-13(17)3/h5-10,14,19H,1-4H3,(H,20,21). The van der Waals surface area contributed by atoms with Gasteiger partial charge >= 0.3 is 5.97 Å². The molecule has 3 nitrogen and oxygen atoms in total. The molecule has 2 N–H and O–H groups in total. The number of aryl methyl sites for hydroxylation is 3. The highest BCUT2D eigenvalue weighted by atomic mass is 16.4. The quantitative estimate of drug-likeness (QED) is 0.869. The molecule has 0 heterocycles. The first-order valence-electron chi connectivity index (χ1n) is 7.06. The molecule has 0 bridgehead atoms. The number of nitrogens with one attached hydrogen (secondary N) is 1. The van der Waals surface area contributed by atoms with Crippen LogP contribution in [0.15, 0.2) is 36.4 Å². The van der Waals surface area contributed by atoms with E-state index < -0.39 is 5.97 Å². The molecule has 2 aromatic rings. The maximum Gasteiger partial charge on any atom is 0.335 e. The molecule has 0 saturated heterocycles. The number of rotatable bonds is 4. The van der Waals surface area contributed by atoms with Crippen LogP contribution in [0.5, 0.6) is 0 Å². The van der Waals surface area contributed by atoms with Crippen LogP contribution in [0.3, 0.4) is 0 Å². The highest BCUT2D eigenvalue weighted by Crippen LogP contribution is 2.26. The van der Waals surface area contributed by atoms with Crippen molar-refractivity contribution in [3.8, 4) is 0 Å². The third kappa shape index (κ3) is 3.43. The van der Waals surface area contributed by atoms with Crippen molar-refractivity contribution in [3.63, 3.8) is 0 Å². The van der Waals surface area contributed by atoms with Crippen molar-refractivity contribution in [1.29, 1.82) is 0 Å². The van der Waals surface area contributed by atoms with E-state index in [2.05, 4.69) is 44.3 Å². The highest BCUT2D eigenvalue weighted by Gasteiger charge is 2.12. The lowest BCUT2D eigenvalue weighted by molar-refractivity contribution is 0.0697. The van der Waals surface area contributed by atoms with Gasteiger partial charge < -0.3 is 10.4 Å². The second-order valence-electron chi connectivity index (χ2n) is 5.56. The summed E-state index contributed by atoms with van der Waals surface area (Å²) < 4.78 is 0. The molecule has 21 heavy (non-hydrogen) atoms. The van der Waals surface area contributed by atoms with Crippen LogP contribution in [0, 0.1) is 20.8 Å². The molecule has 0 amide bonds. The predicted molar refractivity (Wildman–Crippen MR) is 86.1 cm³/mol. The van der Waals surface area contributed by atoms with E-state index in [0.29, 0.717) is 5.56 Å². The Labute approximate surface area is 125 Å². The van der Waals surface area contributed by atoms with Crippen LogP contribution in [-0.4, -0.2) is 11.1 Å². The van der Waals surface area contributed by atoms with Crippen LogP contribution >= 0.6 is 0 Å². The Kier molecular flexibility index (Phi) is 4.32. The Morgan fingerprint density at radius 2 is 1.71 bits per heavy atom. The smallest absolute Gasteiger partial charge is 0.335 e. The van der Waals surface area contributed by atoms with E-state index in [4.69, 9.17) is 5.11 Å². The number of carboxylic acids is 1. The van der Waals surface area contributed by atoms with Gasteiger partial charge in [-0.05, 0) is 56.5 Å². The Morgan fingerprint density at radius 1 is 1.05 bits per heavy atom. The zero-order valence-corrected chi connectivity index (χ0v) is 12.9. The van der Waals surface area contributed by atoms with Crippen molar-refractivity contribution >= 4 is 11.7 Å². The summed E-state index contributed by atoms with van der Waals surface area (Å²) in [4.78, 5) is 11.1. The average Bonchev–Trinajstić information content (AvgIpc) is 2.43. The normalized spacial score (nSPS) is 12.0. The second kappa shape index (κ2) is 6.00. The summed E-state index contributed by atoms with van der Waals surface area (Å²) in [6.45, 7) is 8.23. The summed E-state index contributed by atoms with van der Waals surface area (Å²) in [7, 11) is 0. The van der Waals surface area contributed by atoms with Gasteiger partial charge in [-0.1, -0.05) is 29.8 Å². The zero-order valence-electron chi connectivity index (χ0n) is 12.9. The minimum Gasteiger partial charge on any atom is -0.478 e. The van der Waals surface area contributed by atoms with Gasteiger partial charge in [0.25, 0.3) is 0 Å². The molecule has 0 aromatic heterocycles. The molecule has 3 heteroatoms. The lowest BCUT2D eigenvalue weighted by Crippen LogP contribution is -2.10. The predicted octanol–water partition coefficient (Wildman–Crippen LogP) is 4.48. The monoisotopic (exact) mass is 283 g/mol. The summed E-state index contributed by atoms with van der Waals surface area (Å²) in [6.07, 6.45) is 0. The average molecular weight is 283 g/mol. The molecule has 110 valence electrons. The Morgan fingerprint density at radius 3 is 2.38 bits per heavy atom. The van der Waals surface area contributed by atoms with Gasteiger partial charge in [0.2, 0.25) is 0 Å². The molecule has 0 aliphatic heterocycles. The number of carboxylic acid groups (broad SMARTS) is 1. The second-order valence-corrected chi connectivity index (χ2v) is 5.56. The van der Waals surface area contributed by atoms with Crippen molar-refractivity contribution in [2.45, 2.75) is 33.7 Å². The molecule has 1 atom stereocenters. The fourth-order valence-corrected chi connectivity index (χ4v) is 2.45. The van der Waals surface area contributed by atoms with Gasteiger partial charge in [-0.3, -0.25) is 0 Å². The summed E-state index contributed by atoms with van der Waals surface area (Å²) in [5, 5.41) is 12.5. The van der Waals surface area contributed by atoms with Gasteiger partial charge in [-0.15, -0.1) is 0 Å². The lowest BCUT2D eigenvalue weighted by Gasteiger charge is -2.20. The molecule has 0 radical (unpaired) electrons. The molecular formula is C18H21NO2. The van der Waals surface area contributed by atoms with Crippen molar-refractivity contribution in [3.05, 3.63) is 64.2 Å². The van der Waals surface area contributed by atoms with Gasteiger partial charge in [0.1, 0.15) is 0 Å². The van der Waals surface area contributed by atoms with Crippen molar-refractivity contribution < 1.29 is 9.90 Å². The molecular weight excluding hydrogens is 262 g/mol. The Balaban J connectivity index is 2.31. The molecule has 0 aliphatic carbocycles. The molecule has 0 saturated carbocycles. The van der Waals surface area contributed by atoms with Crippen LogP contribution in [0.1, 0.15) is 45.6 Å². The maximum absolute atomic E-state index is 11.1. The third-order valence-corrected chi connectivity index (χ3v) is 3.76. The van der Waals surface area contributed by atoms with Gasteiger partial charge in [-0.25, -0.2) is 4.79 Å². The number of hydrogen-bond acceptors (Lipinski definition) is 2. The van der Waals surface area contributed by atoms with Gasteiger partial charge in [-0.2, -0.15) is 0 Å². The molecule has 0 fully saturated rings.